The highest BCUT2D eigenvalue weighted by atomic mass is 15.3. The SMILES string of the molecule is CCNC(=NCc1ccnn1C)NCCN(C)C(C)C. The van der Waals surface area contributed by atoms with Crippen molar-refractivity contribution in [1.82, 2.24) is 25.3 Å². The zero-order valence-corrected chi connectivity index (χ0v) is 13.3. The van der Waals surface area contributed by atoms with Crippen molar-refractivity contribution in [1.29, 1.82) is 0 Å². The predicted octanol–water partition coefficient (Wildman–Crippen LogP) is 0.815. The summed E-state index contributed by atoms with van der Waals surface area (Å²) in [6.45, 7) is 9.83. The highest BCUT2D eigenvalue weighted by molar-refractivity contribution is 5.79. The molecule has 20 heavy (non-hydrogen) atoms. The first-order valence-corrected chi connectivity index (χ1v) is 7.23. The minimum absolute atomic E-state index is 0.561. The van der Waals surface area contributed by atoms with Crippen molar-refractivity contribution in [3.8, 4) is 0 Å². The van der Waals surface area contributed by atoms with Crippen molar-refractivity contribution in [2.75, 3.05) is 26.7 Å². The van der Waals surface area contributed by atoms with Gasteiger partial charge in [0.15, 0.2) is 5.96 Å². The van der Waals surface area contributed by atoms with Crippen LogP contribution in [0.15, 0.2) is 17.3 Å². The molecule has 0 amide bonds. The van der Waals surface area contributed by atoms with Crippen LogP contribution in [0.3, 0.4) is 0 Å². The largest absolute Gasteiger partial charge is 0.357 e. The molecule has 0 spiro atoms. The lowest BCUT2D eigenvalue weighted by Gasteiger charge is -2.21. The second-order valence-corrected chi connectivity index (χ2v) is 5.14. The molecule has 114 valence electrons. The van der Waals surface area contributed by atoms with E-state index in [4.69, 9.17) is 0 Å². The topological polar surface area (TPSA) is 57.5 Å². The monoisotopic (exact) mass is 280 g/mol. The van der Waals surface area contributed by atoms with E-state index in [-0.39, 0.29) is 0 Å². The van der Waals surface area contributed by atoms with Crippen molar-refractivity contribution in [3.63, 3.8) is 0 Å². The van der Waals surface area contributed by atoms with E-state index >= 15 is 0 Å². The smallest absolute Gasteiger partial charge is 0.191 e. The van der Waals surface area contributed by atoms with E-state index in [2.05, 4.69) is 53.4 Å². The molecule has 0 fully saturated rings. The molecule has 0 aliphatic heterocycles. The molecule has 6 heteroatoms. The Kier molecular flexibility index (Phi) is 7.08. The number of nitrogens with zero attached hydrogens (tertiary/aromatic N) is 4. The molecule has 0 radical (unpaired) electrons. The molecule has 6 nitrogen and oxygen atoms in total. The number of hydrogen-bond donors (Lipinski definition) is 2. The summed E-state index contributed by atoms with van der Waals surface area (Å²) in [7, 11) is 4.06. The molecule has 1 aromatic heterocycles. The molecule has 1 heterocycles. The second-order valence-electron chi connectivity index (χ2n) is 5.14. The summed E-state index contributed by atoms with van der Waals surface area (Å²) in [5, 5.41) is 10.8. The first-order chi connectivity index (χ1) is 9.54. The summed E-state index contributed by atoms with van der Waals surface area (Å²) < 4.78 is 1.85. The standard InChI is InChI=1S/C14H28N6/c1-6-15-14(16-9-10-19(4)12(2)3)17-11-13-7-8-18-20(13)5/h7-8,12H,6,9-11H2,1-5H3,(H2,15,16,17). The van der Waals surface area contributed by atoms with Crippen LogP contribution in [0.25, 0.3) is 0 Å². The van der Waals surface area contributed by atoms with Gasteiger partial charge in [-0.1, -0.05) is 0 Å². The van der Waals surface area contributed by atoms with Gasteiger partial charge in [0.1, 0.15) is 0 Å². The maximum Gasteiger partial charge on any atom is 0.191 e. The van der Waals surface area contributed by atoms with Crippen LogP contribution >= 0.6 is 0 Å². The van der Waals surface area contributed by atoms with Gasteiger partial charge in [0, 0.05) is 38.9 Å². The van der Waals surface area contributed by atoms with Crippen LogP contribution in [0.4, 0.5) is 0 Å². The fraction of sp³-hybridized carbons (Fsp3) is 0.714. The Balaban J connectivity index is 2.45. The van der Waals surface area contributed by atoms with Gasteiger partial charge in [0.25, 0.3) is 0 Å². The van der Waals surface area contributed by atoms with Gasteiger partial charge >= 0.3 is 0 Å². The van der Waals surface area contributed by atoms with Crippen LogP contribution in [0.1, 0.15) is 26.5 Å². The lowest BCUT2D eigenvalue weighted by Crippen LogP contribution is -2.42. The lowest BCUT2D eigenvalue weighted by atomic mass is 10.3. The highest BCUT2D eigenvalue weighted by Gasteiger charge is 2.03. The molecule has 0 unspecified atom stereocenters. The minimum Gasteiger partial charge on any atom is -0.357 e. The number of guanidine groups is 1. The average molecular weight is 280 g/mol. The third-order valence-electron chi connectivity index (χ3n) is 3.30. The second kappa shape index (κ2) is 8.58. The van der Waals surface area contributed by atoms with Crippen molar-refractivity contribution in [3.05, 3.63) is 18.0 Å². The summed E-state index contributed by atoms with van der Waals surface area (Å²) in [6.07, 6.45) is 1.79. The number of aryl methyl sites for hydroxylation is 1. The molecule has 0 saturated heterocycles. The van der Waals surface area contributed by atoms with Crippen LogP contribution in [0, 0.1) is 0 Å². The number of aromatic nitrogens is 2. The molecule has 1 rings (SSSR count). The van der Waals surface area contributed by atoms with Gasteiger partial charge in [-0.15, -0.1) is 0 Å². The van der Waals surface area contributed by atoms with Gasteiger partial charge in [-0.05, 0) is 33.9 Å². The van der Waals surface area contributed by atoms with Gasteiger partial charge in [-0.2, -0.15) is 5.10 Å². The Labute approximate surface area is 122 Å². The number of likely N-dealkylation sites (N-methyl/N-ethyl adjacent to an activating group) is 1. The normalized spacial score (nSPS) is 12.2. The average Bonchev–Trinajstić information content (AvgIpc) is 2.81. The molecule has 0 aromatic carbocycles. The maximum atomic E-state index is 4.57. The van der Waals surface area contributed by atoms with Crippen molar-refractivity contribution < 1.29 is 0 Å². The number of aliphatic imine (C=N–C) groups is 1. The lowest BCUT2D eigenvalue weighted by molar-refractivity contribution is 0.278. The molecular formula is C14H28N6. The van der Waals surface area contributed by atoms with E-state index in [1.165, 1.54) is 0 Å². The van der Waals surface area contributed by atoms with Gasteiger partial charge in [-0.25, -0.2) is 4.99 Å². The van der Waals surface area contributed by atoms with Crippen LogP contribution in [0.2, 0.25) is 0 Å². The maximum absolute atomic E-state index is 4.57. The van der Waals surface area contributed by atoms with E-state index in [9.17, 15) is 0 Å². The summed E-state index contributed by atoms with van der Waals surface area (Å²) >= 11 is 0. The number of nitrogens with one attached hydrogen (secondary N) is 2. The molecule has 0 saturated carbocycles. The van der Waals surface area contributed by atoms with Crippen molar-refractivity contribution in [2.45, 2.75) is 33.4 Å². The van der Waals surface area contributed by atoms with Crippen LogP contribution in [-0.4, -0.2) is 53.4 Å². The van der Waals surface area contributed by atoms with Gasteiger partial charge in [0.2, 0.25) is 0 Å². The summed E-state index contributed by atoms with van der Waals surface area (Å²) in [6, 6.07) is 2.55. The summed E-state index contributed by atoms with van der Waals surface area (Å²) in [5.41, 5.74) is 1.10. The van der Waals surface area contributed by atoms with E-state index in [0.29, 0.717) is 12.6 Å². The van der Waals surface area contributed by atoms with E-state index in [1.807, 2.05) is 17.8 Å². The minimum atomic E-state index is 0.561. The van der Waals surface area contributed by atoms with Gasteiger partial charge in [-0.3, -0.25) is 4.68 Å². The van der Waals surface area contributed by atoms with E-state index in [1.54, 1.807) is 6.20 Å². The molecule has 0 atom stereocenters. The number of hydrogen-bond acceptors (Lipinski definition) is 3. The predicted molar refractivity (Wildman–Crippen MR) is 83.8 cm³/mol. The Hall–Kier alpha value is -1.56. The zero-order chi connectivity index (χ0) is 15.0. The first-order valence-electron chi connectivity index (χ1n) is 7.23. The molecule has 1 aromatic rings. The Morgan fingerprint density at radius 1 is 1.45 bits per heavy atom. The Morgan fingerprint density at radius 2 is 2.20 bits per heavy atom. The highest BCUT2D eigenvalue weighted by Crippen LogP contribution is 1.98. The molecule has 0 bridgehead atoms. The fourth-order valence-corrected chi connectivity index (χ4v) is 1.67. The third-order valence-corrected chi connectivity index (χ3v) is 3.30. The number of rotatable bonds is 7. The van der Waals surface area contributed by atoms with Crippen LogP contribution in [0.5, 0.6) is 0 Å². The molecule has 0 aliphatic rings. The van der Waals surface area contributed by atoms with Crippen molar-refractivity contribution in [2.24, 2.45) is 12.0 Å². The van der Waals surface area contributed by atoms with Gasteiger partial charge in [0.05, 0.1) is 12.2 Å². The summed E-state index contributed by atoms with van der Waals surface area (Å²) in [5.74, 6) is 0.853. The van der Waals surface area contributed by atoms with E-state index < -0.39 is 0 Å². The third kappa shape index (κ3) is 5.61. The molecular weight excluding hydrogens is 252 g/mol. The fourth-order valence-electron chi connectivity index (χ4n) is 1.67. The molecule has 0 aliphatic carbocycles. The van der Waals surface area contributed by atoms with Crippen molar-refractivity contribution >= 4 is 5.96 Å². The Bertz CT molecular complexity index is 410. The summed E-state index contributed by atoms with van der Waals surface area (Å²) in [4.78, 5) is 6.88. The van der Waals surface area contributed by atoms with Gasteiger partial charge < -0.3 is 15.5 Å². The van der Waals surface area contributed by atoms with Crippen LogP contribution < -0.4 is 10.6 Å². The first kappa shape index (κ1) is 16.5. The molecule has 2 N–H and O–H groups in total. The zero-order valence-electron chi connectivity index (χ0n) is 13.3. The van der Waals surface area contributed by atoms with E-state index in [0.717, 1.165) is 31.3 Å². The quantitative estimate of drug-likeness (QED) is 0.573. The van der Waals surface area contributed by atoms with Crippen LogP contribution in [-0.2, 0) is 13.6 Å². The Morgan fingerprint density at radius 3 is 2.75 bits per heavy atom.